The molecule has 0 aliphatic rings. The van der Waals surface area contributed by atoms with Gasteiger partial charge in [0.15, 0.2) is 0 Å². The summed E-state index contributed by atoms with van der Waals surface area (Å²) in [5, 5.41) is 4.03. The Morgan fingerprint density at radius 1 is 1.25 bits per heavy atom. The summed E-state index contributed by atoms with van der Waals surface area (Å²) in [4.78, 5) is 4.69. The van der Waals surface area contributed by atoms with Gasteiger partial charge in [-0.05, 0) is 18.1 Å². The maximum absolute atomic E-state index is 6.23. The van der Waals surface area contributed by atoms with Gasteiger partial charge in [0.2, 0.25) is 0 Å². The smallest absolute Gasteiger partial charge is 0.0944 e. The number of rotatable bonds is 4. The minimum atomic E-state index is 0.0499. The molecule has 2 N–H and O–H groups in total. The van der Waals surface area contributed by atoms with Gasteiger partial charge in [-0.15, -0.1) is 11.3 Å². The molecule has 108 valence electrons. The fourth-order valence-corrected chi connectivity index (χ4v) is 3.32. The van der Waals surface area contributed by atoms with Crippen LogP contribution in [0, 0.1) is 0 Å². The second-order valence-electron chi connectivity index (χ2n) is 6.14. The highest BCUT2D eigenvalue weighted by molar-refractivity contribution is 7.09. The fourth-order valence-electron chi connectivity index (χ4n) is 1.99. The van der Waals surface area contributed by atoms with Gasteiger partial charge >= 0.3 is 0 Å². The Morgan fingerprint density at radius 3 is 2.55 bits per heavy atom. The molecule has 0 aliphatic carbocycles. The van der Waals surface area contributed by atoms with Crippen LogP contribution in [0.25, 0.3) is 0 Å². The molecule has 0 spiro atoms. The van der Waals surface area contributed by atoms with Crippen molar-refractivity contribution in [3.05, 3.63) is 50.9 Å². The summed E-state index contributed by atoms with van der Waals surface area (Å²) >= 11 is 7.86. The van der Waals surface area contributed by atoms with Crippen molar-refractivity contribution in [2.24, 2.45) is 5.73 Å². The molecule has 0 saturated carbocycles. The first-order valence-electron chi connectivity index (χ1n) is 6.80. The maximum Gasteiger partial charge on any atom is 0.0944 e. The maximum atomic E-state index is 6.23. The lowest BCUT2D eigenvalue weighted by Crippen LogP contribution is -2.25. The van der Waals surface area contributed by atoms with Crippen molar-refractivity contribution in [3.8, 4) is 0 Å². The van der Waals surface area contributed by atoms with Crippen molar-refractivity contribution in [2.75, 3.05) is 0 Å². The molecule has 2 nitrogen and oxygen atoms in total. The first kappa shape index (κ1) is 15.5. The Kier molecular flexibility index (Phi) is 4.84. The van der Waals surface area contributed by atoms with Crippen molar-refractivity contribution in [3.63, 3.8) is 0 Å². The monoisotopic (exact) mass is 308 g/mol. The van der Waals surface area contributed by atoms with Crippen molar-refractivity contribution >= 4 is 22.9 Å². The lowest BCUT2D eigenvalue weighted by molar-refractivity contribution is 0.567. The average Bonchev–Trinajstić information content (AvgIpc) is 2.80. The van der Waals surface area contributed by atoms with E-state index in [2.05, 4.69) is 26.2 Å². The Labute approximate surface area is 130 Å². The fraction of sp³-hybridized carbons (Fsp3) is 0.438. The van der Waals surface area contributed by atoms with E-state index >= 15 is 0 Å². The first-order valence-corrected chi connectivity index (χ1v) is 8.06. The highest BCUT2D eigenvalue weighted by atomic mass is 35.5. The number of hydrogen-bond acceptors (Lipinski definition) is 3. The molecule has 0 amide bonds. The summed E-state index contributed by atoms with van der Waals surface area (Å²) in [5.74, 6) is 0. The minimum absolute atomic E-state index is 0.0499. The van der Waals surface area contributed by atoms with Crippen LogP contribution in [-0.2, 0) is 18.3 Å². The number of hydrogen-bond donors (Lipinski definition) is 1. The molecule has 0 saturated heterocycles. The molecule has 4 heteroatoms. The van der Waals surface area contributed by atoms with E-state index in [0.29, 0.717) is 0 Å². The van der Waals surface area contributed by atoms with Gasteiger partial charge in [0.05, 0.1) is 10.7 Å². The Balaban J connectivity index is 2.00. The van der Waals surface area contributed by atoms with E-state index in [1.54, 1.807) is 11.3 Å². The molecule has 2 rings (SSSR count). The third-order valence-corrected chi connectivity index (χ3v) is 4.44. The summed E-state index contributed by atoms with van der Waals surface area (Å²) in [6, 6.07) is 7.92. The molecule has 1 aromatic heterocycles. The van der Waals surface area contributed by atoms with Gasteiger partial charge in [-0.2, -0.15) is 0 Å². The predicted molar refractivity (Wildman–Crippen MR) is 87.6 cm³/mol. The van der Waals surface area contributed by atoms with Gasteiger partial charge in [-0.3, -0.25) is 0 Å². The van der Waals surface area contributed by atoms with E-state index in [1.807, 2.05) is 24.3 Å². The average molecular weight is 309 g/mol. The molecule has 0 bridgehead atoms. The number of thiazole rings is 1. The van der Waals surface area contributed by atoms with Crippen LogP contribution in [0.3, 0.4) is 0 Å². The van der Waals surface area contributed by atoms with Gasteiger partial charge in [-0.25, -0.2) is 4.98 Å². The normalized spacial score (nSPS) is 13.4. The number of nitrogens with two attached hydrogens (primary N) is 1. The Bertz CT molecular complexity index is 572. The van der Waals surface area contributed by atoms with Gasteiger partial charge in [0, 0.05) is 28.3 Å². The van der Waals surface area contributed by atoms with Crippen molar-refractivity contribution < 1.29 is 0 Å². The van der Waals surface area contributed by atoms with E-state index in [9.17, 15) is 0 Å². The van der Waals surface area contributed by atoms with E-state index in [4.69, 9.17) is 22.3 Å². The van der Waals surface area contributed by atoms with Crippen molar-refractivity contribution in [2.45, 2.75) is 45.1 Å². The molecule has 20 heavy (non-hydrogen) atoms. The zero-order chi connectivity index (χ0) is 14.8. The summed E-state index contributed by atoms with van der Waals surface area (Å²) in [6.07, 6.45) is 1.58. The summed E-state index contributed by atoms with van der Waals surface area (Å²) in [7, 11) is 0. The second-order valence-corrected chi connectivity index (χ2v) is 7.49. The van der Waals surface area contributed by atoms with Crippen LogP contribution in [0.4, 0.5) is 0 Å². The molecule has 1 aromatic carbocycles. The third kappa shape index (κ3) is 4.05. The van der Waals surface area contributed by atoms with E-state index in [-0.39, 0.29) is 11.5 Å². The van der Waals surface area contributed by atoms with Gasteiger partial charge in [-0.1, -0.05) is 50.6 Å². The van der Waals surface area contributed by atoms with Gasteiger partial charge in [0.25, 0.3) is 0 Å². The molecule has 0 fully saturated rings. The quantitative estimate of drug-likeness (QED) is 0.919. The predicted octanol–water partition coefficient (Wildman–Crippen LogP) is 4.21. The third-order valence-electron chi connectivity index (χ3n) is 3.20. The van der Waals surface area contributed by atoms with E-state index < -0.39 is 0 Å². The van der Waals surface area contributed by atoms with E-state index in [1.165, 1.54) is 0 Å². The van der Waals surface area contributed by atoms with Crippen molar-refractivity contribution in [1.29, 1.82) is 0 Å². The SMILES string of the molecule is CC(C)(C)c1csc(CC(N)Cc2ccccc2Cl)n1. The second kappa shape index (κ2) is 6.25. The Hall–Kier alpha value is -0.900. The van der Waals surface area contributed by atoms with Crippen LogP contribution in [0.2, 0.25) is 5.02 Å². The van der Waals surface area contributed by atoms with E-state index in [0.717, 1.165) is 34.1 Å². The lowest BCUT2D eigenvalue weighted by atomic mass is 9.93. The van der Waals surface area contributed by atoms with Crippen LogP contribution < -0.4 is 5.73 Å². The van der Waals surface area contributed by atoms with Crippen LogP contribution >= 0.6 is 22.9 Å². The van der Waals surface area contributed by atoms with Crippen LogP contribution in [0.5, 0.6) is 0 Å². The topological polar surface area (TPSA) is 38.9 Å². The van der Waals surface area contributed by atoms with Crippen molar-refractivity contribution in [1.82, 2.24) is 4.98 Å². The lowest BCUT2D eigenvalue weighted by Gasteiger charge is -2.14. The molecule has 1 unspecified atom stereocenters. The van der Waals surface area contributed by atoms with Gasteiger partial charge in [0.1, 0.15) is 0 Å². The molecule has 0 aliphatic heterocycles. The Morgan fingerprint density at radius 2 is 1.95 bits per heavy atom. The number of nitrogens with zero attached hydrogens (tertiary/aromatic N) is 1. The highest BCUT2D eigenvalue weighted by Crippen LogP contribution is 2.25. The summed E-state index contributed by atoms with van der Waals surface area (Å²) < 4.78 is 0. The molecule has 0 radical (unpaired) electrons. The molecular weight excluding hydrogens is 288 g/mol. The minimum Gasteiger partial charge on any atom is -0.327 e. The zero-order valence-corrected chi connectivity index (χ0v) is 13.8. The van der Waals surface area contributed by atoms with Gasteiger partial charge < -0.3 is 5.73 Å². The number of halogens is 1. The molecule has 1 heterocycles. The molecule has 1 atom stereocenters. The highest BCUT2D eigenvalue weighted by Gasteiger charge is 2.18. The molecular formula is C16H21ClN2S. The number of aromatic nitrogens is 1. The summed E-state index contributed by atoms with van der Waals surface area (Å²) in [5.41, 5.74) is 8.58. The first-order chi connectivity index (χ1) is 9.36. The number of benzene rings is 1. The van der Waals surface area contributed by atoms with Crippen LogP contribution in [0.1, 0.15) is 37.0 Å². The molecule has 2 aromatic rings. The van der Waals surface area contributed by atoms with Crippen LogP contribution in [-0.4, -0.2) is 11.0 Å². The largest absolute Gasteiger partial charge is 0.327 e. The standard InChI is InChI=1S/C16H21ClN2S/c1-16(2,3)14-10-20-15(19-14)9-12(18)8-11-6-4-5-7-13(11)17/h4-7,10,12H,8-9,18H2,1-3H3. The van der Waals surface area contributed by atoms with Crippen LogP contribution in [0.15, 0.2) is 29.6 Å². The summed E-state index contributed by atoms with van der Waals surface area (Å²) in [6.45, 7) is 6.53. The zero-order valence-electron chi connectivity index (χ0n) is 12.2.